The van der Waals surface area contributed by atoms with Crippen LogP contribution in [0.4, 0.5) is 0 Å². The molecule has 0 amide bonds. The summed E-state index contributed by atoms with van der Waals surface area (Å²) in [5.41, 5.74) is 0. The van der Waals surface area contributed by atoms with E-state index in [1.807, 2.05) is 0 Å². The van der Waals surface area contributed by atoms with Crippen molar-refractivity contribution in [3.63, 3.8) is 0 Å². The first-order valence-electron chi connectivity index (χ1n) is 2.90. The van der Waals surface area contributed by atoms with Crippen molar-refractivity contribution in [1.82, 2.24) is 0 Å². The van der Waals surface area contributed by atoms with Gasteiger partial charge in [-0.15, -0.1) is 0 Å². The third kappa shape index (κ3) is 1.31. The van der Waals surface area contributed by atoms with E-state index in [1.165, 1.54) is 0 Å². The summed E-state index contributed by atoms with van der Waals surface area (Å²) in [4.78, 5) is 10.6. The molecule has 8 heavy (non-hydrogen) atoms. The van der Waals surface area contributed by atoms with Gasteiger partial charge in [-0.05, 0) is 12.3 Å². The fourth-order valence-corrected chi connectivity index (χ4v) is 1.58. The Hall–Kier alpha value is 0.150. The average Bonchev–Trinajstić information content (AvgIpc) is 2.14. The third-order valence-corrected chi connectivity index (χ3v) is 2.48. The van der Waals surface area contributed by atoms with E-state index in [9.17, 15) is 4.79 Å². The maximum absolute atomic E-state index is 10.6. The lowest BCUT2D eigenvalue weighted by molar-refractivity contribution is -0.117. The normalized spacial score (nSPS) is 29.1. The van der Waals surface area contributed by atoms with Crippen LogP contribution in [0.25, 0.3) is 0 Å². The highest BCUT2D eigenvalue weighted by Gasteiger charge is 2.20. The van der Waals surface area contributed by atoms with Crippen molar-refractivity contribution in [1.29, 1.82) is 0 Å². The zero-order valence-electron chi connectivity index (χ0n) is 4.69. The van der Waals surface area contributed by atoms with Gasteiger partial charge in [0.15, 0.2) is 0 Å². The molecule has 0 radical (unpaired) electrons. The van der Waals surface area contributed by atoms with E-state index in [0.717, 1.165) is 24.6 Å². The van der Waals surface area contributed by atoms with Crippen molar-refractivity contribution in [3.8, 4) is 0 Å². The Morgan fingerprint density at radius 1 is 1.75 bits per heavy atom. The quantitative estimate of drug-likeness (QED) is 0.557. The molecular formula is C6H9BrO. The topological polar surface area (TPSA) is 17.1 Å². The molecule has 1 unspecified atom stereocenters. The fraction of sp³-hybridized carbons (Fsp3) is 0.833. The summed E-state index contributed by atoms with van der Waals surface area (Å²) in [7, 11) is 0. The molecule has 0 aromatic rings. The summed E-state index contributed by atoms with van der Waals surface area (Å²) in [6.07, 6.45) is 2.73. The minimum atomic E-state index is 0.439. The minimum absolute atomic E-state index is 0.439. The van der Waals surface area contributed by atoms with E-state index >= 15 is 0 Å². The smallest absolute Gasteiger partial charge is 0.133 e. The number of hydrogen-bond acceptors (Lipinski definition) is 1. The van der Waals surface area contributed by atoms with Gasteiger partial charge in [0, 0.05) is 18.2 Å². The van der Waals surface area contributed by atoms with Crippen molar-refractivity contribution in [2.45, 2.75) is 19.3 Å². The number of carbonyl (C=O) groups is 1. The van der Waals surface area contributed by atoms with Crippen LogP contribution in [0, 0.1) is 5.92 Å². The zero-order valence-corrected chi connectivity index (χ0v) is 6.28. The van der Waals surface area contributed by atoms with Crippen molar-refractivity contribution >= 4 is 21.7 Å². The molecule has 0 spiro atoms. The number of Topliss-reactive ketones (excluding diaryl/α,β-unsaturated/α-hetero) is 1. The van der Waals surface area contributed by atoms with E-state index in [4.69, 9.17) is 0 Å². The number of halogens is 1. The van der Waals surface area contributed by atoms with Gasteiger partial charge in [-0.2, -0.15) is 0 Å². The van der Waals surface area contributed by atoms with Crippen LogP contribution in [-0.4, -0.2) is 11.1 Å². The standard InChI is InChI=1S/C6H9BrO/c7-4-5-1-2-6(8)3-5/h5H,1-4H2. The van der Waals surface area contributed by atoms with Crippen LogP contribution in [0.3, 0.4) is 0 Å². The highest BCUT2D eigenvalue weighted by atomic mass is 79.9. The van der Waals surface area contributed by atoms with Crippen LogP contribution in [0.15, 0.2) is 0 Å². The van der Waals surface area contributed by atoms with Crippen LogP contribution >= 0.6 is 15.9 Å². The van der Waals surface area contributed by atoms with Crippen molar-refractivity contribution in [2.24, 2.45) is 5.92 Å². The Morgan fingerprint density at radius 2 is 2.50 bits per heavy atom. The van der Waals surface area contributed by atoms with Gasteiger partial charge >= 0.3 is 0 Å². The molecule has 1 atom stereocenters. The Kier molecular flexibility index (Phi) is 2.06. The van der Waals surface area contributed by atoms with Gasteiger partial charge in [-0.1, -0.05) is 15.9 Å². The van der Waals surface area contributed by atoms with Gasteiger partial charge in [0.2, 0.25) is 0 Å². The average molecular weight is 177 g/mol. The summed E-state index contributed by atoms with van der Waals surface area (Å²) in [6.45, 7) is 0. The molecule has 0 aliphatic heterocycles. The van der Waals surface area contributed by atoms with Crippen LogP contribution in [0.1, 0.15) is 19.3 Å². The van der Waals surface area contributed by atoms with E-state index in [-0.39, 0.29) is 0 Å². The van der Waals surface area contributed by atoms with Gasteiger partial charge in [-0.3, -0.25) is 4.79 Å². The van der Waals surface area contributed by atoms with Crippen LogP contribution in [0.2, 0.25) is 0 Å². The van der Waals surface area contributed by atoms with Gasteiger partial charge < -0.3 is 0 Å². The van der Waals surface area contributed by atoms with Gasteiger partial charge in [0.25, 0.3) is 0 Å². The first kappa shape index (κ1) is 6.27. The number of hydrogen-bond donors (Lipinski definition) is 0. The molecule has 1 fully saturated rings. The second-order valence-electron chi connectivity index (χ2n) is 2.30. The number of carbonyl (C=O) groups excluding carboxylic acids is 1. The zero-order chi connectivity index (χ0) is 5.98. The molecule has 0 N–H and O–H groups in total. The molecule has 1 rings (SSSR count). The van der Waals surface area contributed by atoms with Gasteiger partial charge in [0.05, 0.1) is 0 Å². The summed E-state index contributed by atoms with van der Waals surface area (Å²) in [5, 5.41) is 0.999. The van der Waals surface area contributed by atoms with Gasteiger partial charge in [0.1, 0.15) is 5.78 Å². The highest BCUT2D eigenvalue weighted by molar-refractivity contribution is 9.09. The Morgan fingerprint density at radius 3 is 2.75 bits per heavy atom. The van der Waals surface area contributed by atoms with E-state index in [0.29, 0.717) is 11.7 Å². The third-order valence-electron chi connectivity index (χ3n) is 1.57. The number of rotatable bonds is 1. The van der Waals surface area contributed by atoms with E-state index < -0.39 is 0 Å². The lowest BCUT2D eigenvalue weighted by Crippen LogP contribution is -1.94. The molecule has 0 bridgehead atoms. The maximum atomic E-state index is 10.6. The molecule has 1 nitrogen and oxygen atoms in total. The lowest BCUT2D eigenvalue weighted by atomic mass is 10.1. The molecule has 1 aliphatic carbocycles. The highest BCUT2D eigenvalue weighted by Crippen LogP contribution is 2.22. The SMILES string of the molecule is O=C1CCC(CBr)C1. The molecule has 0 heterocycles. The molecule has 0 aromatic carbocycles. The van der Waals surface area contributed by atoms with Crippen LogP contribution in [-0.2, 0) is 4.79 Å². The van der Waals surface area contributed by atoms with E-state index in [1.54, 1.807) is 0 Å². The van der Waals surface area contributed by atoms with Crippen LogP contribution in [0.5, 0.6) is 0 Å². The Balaban J connectivity index is 2.32. The monoisotopic (exact) mass is 176 g/mol. The predicted molar refractivity (Wildman–Crippen MR) is 36.1 cm³/mol. The number of alkyl halides is 1. The molecule has 1 saturated carbocycles. The summed E-state index contributed by atoms with van der Waals surface area (Å²) in [5.74, 6) is 1.08. The molecule has 0 saturated heterocycles. The Labute approximate surface area is 57.6 Å². The van der Waals surface area contributed by atoms with Crippen molar-refractivity contribution < 1.29 is 4.79 Å². The fourth-order valence-electron chi connectivity index (χ4n) is 1.02. The summed E-state index contributed by atoms with van der Waals surface area (Å²) in [6, 6.07) is 0. The molecular weight excluding hydrogens is 168 g/mol. The van der Waals surface area contributed by atoms with Gasteiger partial charge in [-0.25, -0.2) is 0 Å². The van der Waals surface area contributed by atoms with Crippen molar-refractivity contribution in [3.05, 3.63) is 0 Å². The van der Waals surface area contributed by atoms with E-state index in [2.05, 4.69) is 15.9 Å². The maximum Gasteiger partial charge on any atom is 0.133 e. The number of ketones is 1. The minimum Gasteiger partial charge on any atom is -0.300 e. The first-order chi connectivity index (χ1) is 3.83. The summed E-state index contributed by atoms with van der Waals surface area (Å²) >= 11 is 3.35. The molecule has 2 heteroatoms. The molecule has 0 aromatic heterocycles. The second-order valence-corrected chi connectivity index (χ2v) is 2.95. The summed E-state index contributed by atoms with van der Waals surface area (Å²) < 4.78 is 0. The predicted octanol–water partition coefficient (Wildman–Crippen LogP) is 1.75. The van der Waals surface area contributed by atoms with Crippen molar-refractivity contribution in [2.75, 3.05) is 5.33 Å². The first-order valence-corrected chi connectivity index (χ1v) is 4.02. The second kappa shape index (κ2) is 2.62. The largest absolute Gasteiger partial charge is 0.300 e. The lowest BCUT2D eigenvalue weighted by Gasteiger charge is -1.97. The molecule has 46 valence electrons. The molecule has 1 aliphatic rings. The Bertz CT molecular complexity index is 101. The van der Waals surface area contributed by atoms with Crippen LogP contribution < -0.4 is 0 Å².